The summed E-state index contributed by atoms with van der Waals surface area (Å²) in [5.74, 6) is -0.965. The molecule has 0 aliphatic heterocycles. The number of carboxylic acids is 1. The van der Waals surface area contributed by atoms with Crippen LogP contribution >= 0.6 is 0 Å². The van der Waals surface area contributed by atoms with Crippen molar-refractivity contribution in [1.82, 2.24) is 14.9 Å². The maximum atomic E-state index is 12.6. The highest BCUT2D eigenvalue weighted by Gasteiger charge is 2.20. The number of sulfonamides is 1. The molecule has 1 heterocycles. The third-order valence-corrected chi connectivity index (χ3v) is 7.80. The molecule has 4 rings (SSSR count). The van der Waals surface area contributed by atoms with Crippen LogP contribution in [0.3, 0.4) is 0 Å². The second-order valence-corrected chi connectivity index (χ2v) is 11.6. The summed E-state index contributed by atoms with van der Waals surface area (Å²) in [4.78, 5) is 15.7. The van der Waals surface area contributed by atoms with Crippen LogP contribution in [-0.2, 0) is 16.6 Å². The molecular formula is C29H32N4O5S. The average Bonchev–Trinajstić information content (AvgIpc) is 3.40. The number of carboxylic acid groups (broad SMARTS) is 1. The SMILES string of the molecule is CC(C)(CCn1cnc(-c2ccc(C(=O)O)cc2)c1)NC[C@@H](O)c1cccc(NS(=O)(=O)c2ccccc2)c1. The number of imidazole rings is 1. The lowest BCUT2D eigenvalue weighted by molar-refractivity contribution is 0.0697. The maximum Gasteiger partial charge on any atom is 0.335 e. The fraction of sp³-hybridized carbons (Fsp3) is 0.241. The van der Waals surface area contributed by atoms with Gasteiger partial charge < -0.3 is 20.1 Å². The number of aromatic carboxylic acids is 1. The van der Waals surface area contributed by atoms with E-state index in [-0.39, 0.29) is 22.5 Å². The Labute approximate surface area is 228 Å². The highest BCUT2D eigenvalue weighted by Crippen LogP contribution is 2.22. The largest absolute Gasteiger partial charge is 0.478 e. The predicted molar refractivity (Wildman–Crippen MR) is 150 cm³/mol. The van der Waals surface area contributed by atoms with Gasteiger partial charge in [0.2, 0.25) is 0 Å². The van der Waals surface area contributed by atoms with Crippen molar-refractivity contribution >= 4 is 21.7 Å². The van der Waals surface area contributed by atoms with Crippen molar-refractivity contribution in [3.05, 3.63) is 103 Å². The normalized spacial score (nSPS) is 12.7. The molecule has 10 heteroatoms. The molecule has 1 aromatic heterocycles. The number of benzene rings is 3. The van der Waals surface area contributed by atoms with Crippen LogP contribution in [0.1, 0.15) is 42.3 Å². The lowest BCUT2D eigenvalue weighted by Gasteiger charge is -2.28. The first-order chi connectivity index (χ1) is 18.5. The summed E-state index contributed by atoms with van der Waals surface area (Å²) in [6, 6.07) is 21.5. The topological polar surface area (TPSA) is 134 Å². The minimum atomic E-state index is -3.72. The van der Waals surface area contributed by atoms with Crippen LogP contribution < -0.4 is 10.0 Å². The van der Waals surface area contributed by atoms with E-state index < -0.39 is 22.1 Å². The number of rotatable bonds is 12. The molecule has 204 valence electrons. The third kappa shape index (κ3) is 7.53. The lowest BCUT2D eigenvalue weighted by atomic mass is 9.99. The molecule has 9 nitrogen and oxygen atoms in total. The number of β-amino-alcohol motifs (C(OH)–C–C–N with tert-alkyl or cyclic N) is 1. The molecular weight excluding hydrogens is 516 g/mol. The molecule has 0 unspecified atom stereocenters. The minimum absolute atomic E-state index is 0.167. The van der Waals surface area contributed by atoms with E-state index in [0.717, 1.165) is 17.7 Å². The minimum Gasteiger partial charge on any atom is -0.478 e. The highest BCUT2D eigenvalue weighted by atomic mass is 32.2. The Kier molecular flexibility index (Phi) is 8.49. The van der Waals surface area contributed by atoms with Crippen LogP contribution in [0, 0.1) is 0 Å². The van der Waals surface area contributed by atoms with E-state index in [1.807, 2.05) is 24.6 Å². The number of aliphatic hydroxyl groups is 1. The van der Waals surface area contributed by atoms with Crippen LogP contribution in [0.5, 0.6) is 0 Å². The molecule has 4 aromatic rings. The monoisotopic (exact) mass is 548 g/mol. The molecule has 3 aromatic carbocycles. The molecule has 4 N–H and O–H groups in total. The van der Waals surface area contributed by atoms with E-state index in [4.69, 9.17) is 5.11 Å². The van der Waals surface area contributed by atoms with Gasteiger partial charge >= 0.3 is 5.97 Å². The summed E-state index contributed by atoms with van der Waals surface area (Å²) in [6.45, 7) is 5.07. The zero-order valence-electron chi connectivity index (χ0n) is 21.8. The molecule has 0 fully saturated rings. The Morgan fingerprint density at radius 1 is 1.03 bits per heavy atom. The van der Waals surface area contributed by atoms with Crippen molar-refractivity contribution < 1.29 is 23.4 Å². The highest BCUT2D eigenvalue weighted by molar-refractivity contribution is 7.92. The Bertz CT molecular complexity index is 1520. The Morgan fingerprint density at radius 3 is 2.44 bits per heavy atom. The first kappa shape index (κ1) is 28.0. The number of carbonyl (C=O) groups is 1. The first-order valence-corrected chi connectivity index (χ1v) is 14.0. The van der Waals surface area contributed by atoms with Crippen molar-refractivity contribution in [2.45, 2.75) is 43.4 Å². The van der Waals surface area contributed by atoms with Gasteiger partial charge in [-0.15, -0.1) is 0 Å². The summed E-state index contributed by atoms with van der Waals surface area (Å²) in [5.41, 5.74) is 2.50. The zero-order chi connectivity index (χ0) is 28.0. The van der Waals surface area contributed by atoms with Gasteiger partial charge in [-0.3, -0.25) is 4.72 Å². The lowest BCUT2D eigenvalue weighted by Crippen LogP contribution is -2.42. The van der Waals surface area contributed by atoms with Crippen LogP contribution in [0.25, 0.3) is 11.3 Å². The fourth-order valence-corrected chi connectivity index (χ4v) is 5.10. The Balaban J connectivity index is 1.31. The van der Waals surface area contributed by atoms with Crippen LogP contribution in [0.15, 0.2) is 96.3 Å². The number of nitrogens with one attached hydrogen (secondary N) is 2. The molecule has 39 heavy (non-hydrogen) atoms. The second-order valence-electron chi connectivity index (χ2n) is 9.95. The van der Waals surface area contributed by atoms with Crippen LogP contribution in [0.4, 0.5) is 5.69 Å². The molecule has 0 aliphatic rings. The van der Waals surface area contributed by atoms with Gasteiger partial charge in [0.05, 0.1) is 28.6 Å². The van der Waals surface area contributed by atoms with E-state index in [2.05, 4.69) is 15.0 Å². The number of hydrogen-bond acceptors (Lipinski definition) is 6. The van der Waals surface area contributed by atoms with Crippen molar-refractivity contribution in [2.75, 3.05) is 11.3 Å². The summed E-state index contributed by atoms with van der Waals surface area (Å²) in [6.07, 6.45) is 3.58. The quantitative estimate of drug-likeness (QED) is 0.204. The van der Waals surface area contributed by atoms with Gasteiger partial charge in [0.1, 0.15) is 0 Å². The molecule has 0 saturated heterocycles. The van der Waals surface area contributed by atoms with Crippen molar-refractivity contribution in [1.29, 1.82) is 0 Å². The second kappa shape index (κ2) is 11.8. The molecule has 0 bridgehead atoms. The van der Waals surface area contributed by atoms with Crippen LogP contribution in [0.2, 0.25) is 0 Å². The first-order valence-electron chi connectivity index (χ1n) is 12.5. The van der Waals surface area contributed by atoms with Gasteiger partial charge in [-0.25, -0.2) is 18.2 Å². The predicted octanol–water partition coefficient (Wildman–Crippen LogP) is 4.54. The van der Waals surface area contributed by atoms with Crippen molar-refractivity contribution in [3.8, 4) is 11.3 Å². The van der Waals surface area contributed by atoms with Gasteiger partial charge in [0.15, 0.2) is 0 Å². The zero-order valence-corrected chi connectivity index (χ0v) is 22.6. The van der Waals surface area contributed by atoms with Gasteiger partial charge in [0.25, 0.3) is 10.0 Å². The van der Waals surface area contributed by atoms with Crippen molar-refractivity contribution in [2.24, 2.45) is 0 Å². The molecule has 0 amide bonds. The Morgan fingerprint density at radius 2 is 1.74 bits per heavy atom. The maximum absolute atomic E-state index is 12.6. The van der Waals surface area contributed by atoms with Gasteiger partial charge in [-0.1, -0.05) is 42.5 Å². The smallest absolute Gasteiger partial charge is 0.335 e. The van der Waals surface area contributed by atoms with E-state index in [0.29, 0.717) is 17.8 Å². The number of nitrogens with zero attached hydrogens (tertiary/aromatic N) is 2. The van der Waals surface area contributed by atoms with E-state index in [9.17, 15) is 18.3 Å². The molecule has 1 atom stereocenters. The molecule has 0 saturated carbocycles. The number of anilines is 1. The number of aromatic nitrogens is 2. The van der Waals surface area contributed by atoms with E-state index >= 15 is 0 Å². The summed E-state index contributed by atoms with van der Waals surface area (Å²) < 4.78 is 29.8. The van der Waals surface area contributed by atoms with Crippen molar-refractivity contribution in [3.63, 3.8) is 0 Å². The van der Waals surface area contributed by atoms with E-state index in [1.165, 1.54) is 12.1 Å². The standard InChI is InChI=1S/C29H32N4O5S/c1-29(2,15-16-33-19-26(30-20-33)21-11-13-22(14-12-21)28(35)36)31-18-27(34)23-7-6-8-24(17-23)32-39(37,38)25-9-4-3-5-10-25/h3-14,17,19-20,27,31-32,34H,15-16,18H2,1-2H3,(H,35,36)/t27-/m1/s1. The van der Waals surface area contributed by atoms with Gasteiger partial charge in [0, 0.05) is 36.1 Å². The fourth-order valence-electron chi connectivity index (χ4n) is 4.03. The Hall–Kier alpha value is -3.99. The average molecular weight is 549 g/mol. The molecule has 0 radical (unpaired) electrons. The van der Waals surface area contributed by atoms with Gasteiger partial charge in [-0.05, 0) is 62.2 Å². The summed E-state index contributed by atoms with van der Waals surface area (Å²) in [5, 5.41) is 23.3. The van der Waals surface area contributed by atoms with E-state index in [1.54, 1.807) is 73.1 Å². The molecule has 0 spiro atoms. The number of aryl methyl sites for hydroxylation is 1. The number of aliphatic hydroxyl groups excluding tert-OH is 1. The third-order valence-electron chi connectivity index (χ3n) is 6.41. The van der Waals surface area contributed by atoms with Crippen LogP contribution in [-0.4, -0.2) is 46.2 Å². The van der Waals surface area contributed by atoms with Gasteiger partial charge in [-0.2, -0.15) is 0 Å². The summed E-state index contributed by atoms with van der Waals surface area (Å²) in [7, 11) is -3.72. The molecule has 0 aliphatic carbocycles. The number of hydrogen-bond donors (Lipinski definition) is 4. The summed E-state index contributed by atoms with van der Waals surface area (Å²) >= 11 is 0.